The average molecular weight is 303 g/mol. The van der Waals surface area contributed by atoms with Crippen molar-refractivity contribution in [3.05, 3.63) is 0 Å². The molecule has 0 bridgehead atoms. The summed E-state index contributed by atoms with van der Waals surface area (Å²) in [4.78, 5) is 0. The van der Waals surface area contributed by atoms with E-state index in [9.17, 15) is 0 Å². The third kappa shape index (κ3) is 3490. The summed E-state index contributed by atoms with van der Waals surface area (Å²) in [6.45, 7) is 0. The Hall–Kier alpha value is 1.13. The van der Waals surface area contributed by atoms with Gasteiger partial charge in [-0.25, -0.2) is 0 Å². The van der Waals surface area contributed by atoms with Gasteiger partial charge in [0.25, 0.3) is 0 Å². The predicted octanol–water partition coefficient (Wildman–Crippen LogP) is -11.7. The summed E-state index contributed by atoms with van der Waals surface area (Å²) in [5, 5.41) is 87.2. The Morgan fingerprint density at radius 3 is 0.500 bits per heavy atom. The van der Waals surface area contributed by atoms with Crippen LogP contribution in [0.4, 0.5) is 0 Å². The van der Waals surface area contributed by atoms with E-state index >= 15 is 0 Å². The van der Waals surface area contributed by atoms with E-state index in [1.165, 1.54) is 0 Å². The normalized spacial score (nSPS) is 6.00. The SMILES string of the molecule is OB(O)O.OB(O)O.OB(O)O.S.[Na+].[O-]B(O)O. The molecule has 0 heterocycles. The molecule has 0 radical (unpaired) electrons. The molecule has 11 N–H and O–H groups in total. The third-order valence-electron chi connectivity index (χ3n) is 0. The molecule has 0 fully saturated rings. The second kappa shape index (κ2) is 30.9. The van der Waals surface area contributed by atoms with Crippen molar-refractivity contribution in [2.45, 2.75) is 0 Å². The smallest absolute Gasteiger partial charge is 0.832 e. The largest absolute Gasteiger partial charge is 1.00 e. The standard InChI is InChI=1S/3BH3O3.BH2O3.Na.H2S/c4*2-1(3)4;;/h3*2-4H;2-3H;;1H2/q;;;-1;+1;. The van der Waals surface area contributed by atoms with Gasteiger partial charge in [-0.1, -0.05) is 0 Å². The molecule has 0 rings (SSSR count). The molecule has 0 unspecified atom stereocenters. The first-order valence-electron chi connectivity index (χ1n) is 3.08. The van der Waals surface area contributed by atoms with Crippen LogP contribution >= 0.6 is 13.5 Å². The minimum atomic E-state index is -2.42. The van der Waals surface area contributed by atoms with Gasteiger partial charge in [-0.15, -0.1) is 0 Å². The topological polar surface area (TPSA) is 246 Å². The van der Waals surface area contributed by atoms with Crippen LogP contribution in [0.1, 0.15) is 0 Å². The molecule has 12 nitrogen and oxygen atoms in total. The zero-order chi connectivity index (χ0) is 14.3. The van der Waals surface area contributed by atoms with E-state index in [0.717, 1.165) is 0 Å². The molecule has 0 aromatic rings. The molecule has 0 aromatic heterocycles. The van der Waals surface area contributed by atoms with Gasteiger partial charge in [0.2, 0.25) is 0 Å². The summed E-state index contributed by atoms with van der Waals surface area (Å²) in [7, 11) is -8.92. The Labute approximate surface area is 132 Å². The van der Waals surface area contributed by atoms with Crippen molar-refractivity contribution < 1.29 is 89.8 Å². The first-order chi connectivity index (χ1) is 6.93. The molecule has 0 spiro atoms. The summed E-state index contributed by atoms with van der Waals surface area (Å²) >= 11 is 0. The van der Waals surface area contributed by atoms with Crippen LogP contribution in [0.3, 0.4) is 0 Å². The fourth-order valence-corrected chi connectivity index (χ4v) is 0. The Kier molecular flexibility index (Phi) is 62.5. The molecule has 0 aliphatic heterocycles. The van der Waals surface area contributed by atoms with E-state index in [0.29, 0.717) is 0 Å². The van der Waals surface area contributed by atoms with Crippen LogP contribution in [0, 0.1) is 0 Å². The monoisotopic (exact) mass is 304 g/mol. The quantitative estimate of drug-likeness (QED) is 0.187. The molecule has 0 atom stereocenters. The molecule has 18 heteroatoms. The molecule has 0 amide bonds. The minimum Gasteiger partial charge on any atom is -0.832 e. The van der Waals surface area contributed by atoms with Gasteiger partial charge in [-0.3, -0.25) is 0 Å². The van der Waals surface area contributed by atoms with Crippen molar-refractivity contribution in [3.63, 3.8) is 0 Å². The molecule has 0 aliphatic rings. The Balaban J connectivity index is -0.0000000257. The molecule has 0 aromatic carbocycles. The summed E-state index contributed by atoms with van der Waals surface area (Å²) in [5.41, 5.74) is 0. The molecule has 0 saturated carbocycles. The van der Waals surface area contributed by atoms with Gasteiger partial charge in [0.1, 0.15) is 0 Å². The first-order valence-corrected chi connectivity index (χ1v) is 3.08. The maximum Gasteiger partial charge on any atom is 1.00 e. The van der Waals surface area contributed by atoms with Crippen LogP contribution in [-0.2, 0) is 0 Å². The summed E-state index contributed by atoms with van der Waals surface area (Å²) in [5.74, 6) is 0. The van der Waals surface area contributed by atoms with E-state index in [2.05, 4.69) is 0 Å². The maximum absolute atomic E-state index is 8.64. The van der Waals surface area contributed by atoms with Crippen LogP contribution in [0.2, 0.25) is 0 Å². The van der Waals surface area contributed by atoms with E-state index in [1.54, 1.807) is 0 Å². The van der Waals surface area contributed by atoms with Crippen LogP contribution in [-0.4, -0.2) is 84.5 Å². The van der Waals surface area contributed by atoms with Crippen LogP contribution in [0.25, 0.3) is 0 Å². The van der Waals surface area contributed by atoms with Crippen LogP contribution < -0.4 is 34.6 Å². The zero-order valence-electron chi connectivity index (χ0n) is 9.14. The Bertz CT molecular complexity index is 67.1. The van der Waals surface area contributed by atoms with Crippen LogP contribution in [0.5, 0.6) is 0 Å². The second-order valence-corrected chi connectivity index (χ2v) is 1.37. The predicted molar refractivity (Wildman–Crippen MR) is 57.8 cm³/mol. The first kappa shape index (κ1) is 36.5. The summed E-state index contributed by atoms with van der Waals surface area (Å²) in [6, 6.07) is 0. The van der Waals surface area contributed by atoms with Crippen molar-refractivity contribution in [3.8, 4) is 0 Å². The Morgan fingerprint density at radius 2 is 0.500 bits per heavy atom. The summed E-state index contributed by atoms with van der Waals surface area (Å²) in [6.07, 6.45) is 0. The van der Waals surface area contributed by atoms with E-state index in [4.69, 9.17) is 60.3 Å². The molecule has 104 valence electrons. The van der Waals surface area contributed by atoms with Gasteiger partial charge in [0.15, 0.2) is 0 Å². The molecule has 0 aliphatic carbocycles. The Morgan fingerprint density at radius 1 is 0.500 bits per heavy atom. The molecular formula is H13B4NaO12S. The van der Waals surface area contributed by atoms with Crippen molar-refractivity contribution >= 4 is 42.8 Å². The number of hydrogen-bond acceptors (Lipinski definition) is 12. The number of rotatable bonds is 0. The maximum atomic E-state index is 8.64. The molecule has 0 saturated heterocycles. The fourth-order valence-electron chi connectivity index (χ4n) is 0. The minimum absolute atomic E-state index is 0. The van der Waals surface area contributed by atoms with Gasteiger partial charge < -0.3 is 60.3 Å². The van der Waals surface area contributed by atoms with Crippen LogP contribution in [0.15, 0.2) is 0 Å². The number of hydrogen-bond donors (Lipinski definition) is 11. The zero-order valence-corrected chi connectivity index (χ0v) is 12.1. The van der Waals surface area contributed by atoms with E-state index in [-0.39, 0.29) is 43.1 Å². The van der Waals surface area contributed by atoms with Gasteiger partial charge in [-0.2, -0.15) is 13.5 Å². The van der Waals surface area contributed by atoms with Gasteiger partial charge >= 0.3 is 58.8 Å². The average Bonchev–Trinajstić information content (AvgIpc) is 1.76. The van der Waals surface area contributed by atoms with Crippen molar-refractivity contribution in [1.82, 2.24) is 0 Å². The fraction of sp³-hybridized carbons (Fsp3) is 0. The second-order valence-electron chi connectivity index (χ2n) is 1.37. The molecule has 18 heavy (non-hydrogen) atoms. The third-order valence-corrected chi connectivity index (χ3v) is 0. The van der Waals surface area contributed by atoms with Crippen molar-refractivity contribution in [1.29, 1.82) is 0 Å². The van der Waals surface area contributed by atoms with Gasteiger partial charge in [0.05, 0.1) is 0 Å². The van der Waals surface area contributed by atoms with E-state index < -0.39 is 29.3 Å². The summed E-state index contributed by atoms with van der Waals surface area (Å²) < 4.78 is 0. The van der Waals surface area contributed by atoms with Gasteiger partial charge in [0, 0.05) is 0 Å². The van der Waals surface area contributed by atoms with Crippen molar-refractivity contribution in [2.75, 3.05) is 0 Å². The van der Waals surface area contributed by atoms with E-state index in [1.807, 2.05) is 0 Å². The molecular weight excluding hydrogens is 290 g/mol. The van der Waals surface area contributed by atoms with Gasteiger partial charge in [-0.05, 0) is 0 Å². The van der Waals surface area contributed by atoms with Crippen molar-refractivity contribution in [2.24, 2.45) is 0 Å².